The number of rotatable bonds is 8. The third-order valence-electron chi connectivity index (χ3n) is 2.83. The number of benzene rings is 1. The van der Waals surface area contributed by atoms with Crippen molar-refractivity contribution in [3.05, 3.63) is 29.8 Å². The quantitative estimate of drug-likeness (QED) is 0.689. The first-order valence-corrected chi connectivity index (χ1v) is 6.74. The highest BCUT2D eigenvalue weighted by Gasteiger charge is 2.09. The van der Waals surface area contributed by atoms with Crippen LogP contribution in [0.4, 0.5) is 0 Å². The third-order valence-corrected chi connectivity index (χ3v) is 2.83. The van der Waals surface area contributed by atoms with Crippen molar-refractivity contribution in [2.24, 2.45) is 0 Å². The molecule has 0 radical (unpaired) electrons. The van der Waals surface area contributed by atoms with Crippen LogP contribution in [0.25, 0.3) is 0 Å². The molecule has 0 spiro atoms. The summed E-state index contributed by atoms with van der Waals surface area (Å²) in [7, 11) is 0. The lowest BCUT2D eigenvalue weighted by Gasteiger charge is -2.18. The minimum absolute atomic E-state index is 0.356. The zero-order chi connectivity index (χ0) is 12.5. The molecule has 0 saturated heterocycles. The SMILES string of the molecule is CCCCNC(C)c1ccccc1OCCC. The highest BCUT2D eigenvalue weighted by Crippen LogP contribution is 2.24. The van der Waals surface area contributed by atoms with Crippen LogP contribution >= 0.6 is 0 Å². The highest BCUT2D eigenvalue weighted by molar-refractivity contribution is 5.35. The minimum atomic E-state index is 0.356. The van der Waals surface area contributed by atoms with Crippen LogP contribution in [-0.2, 0) is 0 Å². The van der Waals surface area contributed by atoms with Crippen molar-refractivity contribution in [1.29, 1.82) is 0 Å². The lowest BCUT2D eigenvalue weighted by molar-refractivity contribution is 0.311. The maximum atomic E-state index is 5.77. The van der Waals surface area contributed by atoms with E-state index in [0.717, 1.165) is 25.3 Å². The predicted molar refractivity (Wildman–Crippen MR) is 73.6 cm³/mol. The third kappa shape index (κ3) is 4.78. The second kappa shape index (κ2) is 8.13. The normalized spacial score (nSPS) is 12.4. The highest BCUT2D eigenvalue weighted by atomic mass is 16.5. The van der Waals surface area contributed by atoms with E-state index in [-0.39, 0.29) is 0 Å². The van der Waals surface area contributed by atoms with E-state index in [1.165, 1.54) is 18.4 Å². The second-order valence-corrected chi connectivity index (χ2v) is 4.42. The summed E-state index contributed by atoms with van der Waals surface area (Å²) in [5.41, 5.74) is 1.26. The molecule has 0 aliphatic heterocycles. The fourth-order valence-corrected chi connectivity index (χ4v) is 1.79. The van der Waals surface area contributed by atoms with E-state index in [2.05, 4.69) is 44.3 Å². The largest absolute Gasteiger partial charge is 0.493 e. The van der Waals surface area contributed by atoms with E-state index in [1.54, 1.807) is 0 Å². The van der Waals surface area contributed by atoms with Crippen LogP contribution in [0.1, 0.15) is 51.6 Å². The second-order valence-electron chi connectivity index (χ2n) is 4.42. The molecule has 1 N–H and O–H groups in total. The Balaban J connectivity index is 2.60. The first-order valence-electron chi connectivity index (χ1n) is 6.74. The van der Waals surface area contributed by atoms with Crippen molar-refractivity contribution in [1.82, 2.24) is 5.32 Å². The standard InChI is InChI=1S/C15H25NO/c1-4-6-11-16-13(3)14-9-7-8-10-15(14)17-12-5-2/h7-10,13,16H,4-6,11-12H2,1-3H3. The molecule has 1 rings (SSSR count). The molecule has 96 valence electrons. The van der Waals surface area contributed by atoms with Gasteiger partial charge in [-0.3, -0.25) is 0 Å². The Hall–Kier alpha value is -1.02. The molecule has 0 saturated carbocycles. The van der Waals surface area contributed by atoms with Crippen molar-refractivity contribution in [2.45, 2.75) is 46.1 Å². The maximum absolute atomic E-state index is 5.77. The first-order chi connectivity index (χ1) is 8.29. The first kappa shape index (κ1) is 14.0. The van der Waals surface area contributed by atoms with Crippen molar-refractivity contribution >= 4 is 0 Å². The molecule has 17 heavy (non-hydrogen) atoms. The zero-order valence-corrected chi connectivity index (χ0v) is 11.3. The average molecular weight is 235 g/mol. The molecule has 0 aliphatic rings. The molecular weight excluding hydrogens is 210 g/mol. The van der Waals surface area contributed by atoms with Gasteiger partial charge in [-0.25, -0.2) is 0 Å². The number of para-hydroxylation sites is 1. The summed E-state index contributed by atoms with van der Waals surface area (Å²) in [5.74, 6) is 1.02. The molecule has 2 nitrogen and oxygen atoms in total. The maximum Gasteiger partial charge on any atom is 0.124 e. The van der Waals surface area contributed by atoms with Crippen LogP contribution in [-0.4, -0.2) is 13.2 Å². The molecule has 0 aliphatic carbocycles. The summed E-state index contributed by atoms with van der Waals surface area (Å²) in [6.07, 6.45) is 3.50. The van der Waals surface area contributed by atoms with Crippen LogP contribution < -0.4 is 10.1 Å². The van der Waals surface area contributed by atoms with Crippen molar-refractivity contribution in [3.8, 4) is 5.75 Å². The number of hydrogen-bond acceptors (Lipinski definition) is 2. The molecule has 1 unspecified atom stereocenters. The average Bonchev–Trinajstić information content (AvgIpc) is 2.37. The molecule has 0 amide bonds. The molecular formula is C15H25NO. The number of hydrogen-bond donors (Lipinski definition) is 1. The van der Waals surface area contributed by atoms with Gasteiger partial charge in [0.25, 0.3) is 0 Å². The Morgan fingerprint density at radius 3 is 2.65 bits per heavy atom. The molecule has 0 aromatic heterocycles. The van der Waals surface area contributed by atoms with E-state index in [4.69, 9.17) is 4.74 Å². The molecule has 0 bridgehead atoms. The van der Waals surface area contributed by atoms with Crippen molar-refractivity contribution < 1.29 is 4.74 Å². The summed E-state index contributed by atoms with van der Waals surface area (Å²) in [4.78, 5) is 0. The molecule has 2 heteroatoms. The van der Waals surface area contributed by atoms with Crippen LogP contribution in [0, 0.1) is 0 Å². The Morgan fingerprint density at radius 2 is 1.94 bits per heavy atom. The fourth-order valence-electron chi connectivity index (χ4n) is 1.79. The monoisotopic (exact) mass is 235 g/mol. The Morgan fingerprint density at radius 1 is 1.18 bits per heavy atom. The molecule has 0 heterocycles. The van der Waals surface area contributed by atoms with Gasteiger partial charge in [-0.1, -0.05) is 38.5 Å². The molecule has 1 aromatic carbocycles. The van der Waals surface area contributed by atoms with Crippen molar-refractivity contribution in [2.75, 3.05) is 13.2 Å². The lowest BCUT2D eigenvalue weighted by Crippen LogP contribution is -2.20. The van der Waals surface area contributed by atoms with Gasteiger partial charge in [0.05, 0.1) is 6.61 Å². The van der Waals surface area contributed by atoms with Gasteiger partial charge in [-0.15, -0.1) is 0 Å². The van der Waals surface area contributed by atoms with E-state index >= 15 is 0 Å². The topological polar surface area (TPSA) is 21.3 Å². The summed E-state index contributed by atoms with van der Waals surface area (Å²) in [6.45, 7) is 8.40. The van der Waals surface area contributed by atoms with Crippen LogP contribution in [0.3, 0.4) is 0 Å². The van der Waals surface area contributed by atoms with Crippen LogP contribution in [0.5, 0.6) is 5.75 Å². The molecule has 1 atom stereocenters. The van der Waals surface area contributed by atoms with E-state index in [9.17, 15) is 0 Å². The van der Waals surface area contributed by atoms with Crippen LogP contribution in [0.2, 0.25) is 0 Å². The zero-order valence-electron chi connectivity index (χ0n) is 11.3. The number of ether oxygens (including phenoxy) is 1. The van der Waals surface area contributed by atoms with Gasteiger partial charge < -0.3 is 10.1 Å². The van der Waals surface area contributed by atoms with E-state index < -0.39 is 0 Å². The van der Waals surface area contributed by atoms with Gasteiger partial charge in [0.2, 0.25) is 0 Å². The fraction of sp³-hybridized carbons (Fsp3) is 0.600. The lowest BCUT2D eigenvalue weighted by atomic mass is 10.1. The molecule has 1 aromatic rings. The van der Waals surface area contributed by atoms with E-state index in [1.807, 2.05) is 6.07 Å². The molecule has 0 fully saturated rings. The summed E-state index contributed by atoms with van der Waals surface area (Å²) >= 11 is 0. The Labute approximate surface area is 105 Å². The van der Waals surface area contributed by atoms with Gasteiger partial charge in [-0.2, -0.15) is 0 Å². The summed E-state index contributed by atoms with van der Waals surface area (Å²) in [5, 5.41) is 3.54. The number of nitrogens with one attached hydrogen (secondary N) is 1. The predicted octanol–water partition coefficient (Wildman–Crippen LogP) is 3.93. The van der Waals surface area contributed by atoms with Gasteiger partial charge in [0, 0.05) is 11.6 Å². The Bertz CT molecular complexity index is 312. The number of unbranched alkanes of at least 4 members (excludes halogenated alkanes) is 1. The van der Waals surface area contributed by atoms with Gasteiger partial charge >= 0.3 is 0 Å². The van der Waals surface area contributed by atoms with Crippen LogP contribution in [0.15, 0.2) is 24.3 Å². The van der Waals surface area contributed by atoms with Gasteiger partial charge in [0.15, 0.2) is 0 Å². The van der Waals surface area contributed by atoms with Gasteiger partial charge in [0.1, 0.15) is 5.75 Å². The van der Waals surface area contributed by atoms with Crippen molar-refractivity contribution in [3.63, 3.8) is 0 Å². The van der Waals surface area contributed by atoms with Gasteiger partial charge in [-0.05, 0) is 32.4 Å². The smallest absolute Gasteiger partial charge is 0.124 e. The summed E-state index contributed by atoms with van der Waals surface area (Å²) in [6, 6.07) is 8.67. The summed E-state index contributed by atoms with van der Waals surface area (Å²) < 4.78 is 5.77. The Kier molecular flexibility index (Phi) is 6.71. The minimum Gasteiger partial charge on any atom is -0.493 e. The van der Waals surface area contributed by atoms with E-state index in [0.29, 0.717) is 6.04 Å².